The van der Waals surface area contributed by atoms with Crippen molar-refractivity contribution in [1.82, 2.24) is 10.2 Å². The zero-order valence-electron chi connectivity index (χ0n) is 12.9. The van der Waals surface area contributed by atoms with Gasteiger partial charge in [0.1, 0.15) is 0 Å². The molecule has 0 aliphatic carbocycles. The molecule has 0 amide bonds. The van der Waals surface area contributed by atoms with Gasteiger partial charge in [-0.3, -0.25) is 4.90 Å². The minimum atomic E-state index is 0.334. The maximum Gasteiger partial charge on any atom is 0.0701 e. The van der Waals surface area contributed by atoms with Gasteiger partial charge in [0.2, 0.25) is 0 Å². The topological polar surface area (TPSA) is 15.3 Å². The molecule has 0 aromatic carbocycles. The Hall–Kier alpha value is 0.1000. The van der Waals surface area contributed by atoms with Gasteiger partial charge in [0.05, 0.1) is 3.79 Å². The summed E-state index contributed by atoms with van der Waals surface area (Å²) >= 11 is 5.46. The van der Waals surface area contributed by atoms with E-state index in [1.807, 2.05) is 11.3 Å². The Bertz CT molecular complexity index is 414. The van der Waals surface area contributed by atoms with Gasteiger partial charge in [0.25, 0.3) is 0 Å². The van der Waals surface area contributed by atoms with E-state index < -0.39 is 0 Å². The highest BCUT2D eigenvalue weighted by Gasteiger charge is 2.38. The zero-order valence-corrected chi connectivity index (χ0v) is 15.3. The molecular weight excluding hydrogens is 332 g/mol. The summed E-state index contributed by atoms with van der Waals surface area (Å²) in [5.41, 5.74) is 0.334. The first-order chi connectivity index (χ1) is 9.63. The molecule has 4 heteroatoms. The van der Waals surface area contributed by atoms with Gasteiger partial charge in [-0.2, -0.15) is 0 Å². The second-order valence-corrected chi connectivity index (χ2v) is 8.43. The molecule has 1 aromatic rings. The largest absolute Gasteiger partial charge is 0.311 e. The van der Waals surface area contributed by atoms with Crippen molar-refractivity contribution in [3.05, 3.63) is 20.8 Å². The molecule has 1 saturated heterocycles. The van der Waals surface area contributed by atoms with Crippen LogP contribution >= 0.6 is 27.3 Å². The average molecular weight is 359 g/mol. The summed E-state index contributed by atoms with van der Waals surface area (Å²) in [6.07, 6.45) is 5.00. The Morgan fingerprint density at radius 3 is 2.65 bits per heavy atom. The maximum atomic E-state index is 3.79. The standard InChI is InChI=1S/C16H27BrN2S/c1-4-7-13-10-19(11-14-8-9-15(17)20-14)16(5-2,6-3)12-18-13/h8-9,13,18H,4-7,10-12H2,1-3H3. The van der Waals surface area contributed by atoms with Crippen LogP contribution in [0, 0.1) is 0 Å². The lowest BCUT2D eigenvalue weighted by Gasteiger charge is -2.49. The number of rotatable bonds is 6. The molecular formula is C16H27BrN2S. The Morgan fingerprint density at radius 2 is 2.10 bits per heavy atom. The summed E-state index contributed by atoms with van der Waals surface area (Å²) in [6.45, 7) is 10.4. The van der Waals surface area contributed by atoms with E-state index in [1.54, 1.807) is 0 Å². The minimum absolute atomic E-state index is 0.334. The number of hydrogen-bond acceptors (Lipinski definition) is 3. The van der Waals surface area contributed by atoms with Crippen molar-refractivity contribution < 1.29 is 0 Å². The van der Waals surface area contributed by atoms with E-state index in [9.17, 15) is 0 Å². The first-order valence-electron chi connectivity index (χ1n) is 7.86. The van der Waals surface area contributed by atoms with Crippen LogP contribution in [0.4, 0.5) is 0 Å². The van der Waals surface area contributed by atoms with Crippen LogP contribution < -0.4 is 5.32 Å². The molecule has 2 rings (SSSR count). The normalized spacial score (nSPS) is 23.1. The third kappa shape index (κ3) is 3.65. The molecule has 1 aliphatic rings. The molecule has 2 heterocycles. The third-order valence-electron chi connectivity index (χ3n) is 4.76. The van der Waals surface area contributed by atoms with Crippen molar-refractivity contribution in [3.63, 3.8) is 0 Å². The number of hydrogen-bond donors (Lipinski definition) is 1. The lowest BCUT2D eigenvalue weighted by molar-refractivity contribution is 0.0236. The second-order valence-electron chi connectivity index (χ2n) is 5.88. The van der Waals surface area contributed by atoms with Gasteiger partial charge in [-0.1, -0.05) is 27.2 Å². The lowest BCUT2D eigenvalue weighted by Crippen LogP contribution is -2.63. The predicted molar refractivity (Wildman–Crippen MR) is 92.4 cm³/mol. The van der Waals surface area contributed by atoms with Crippen molar-refractivity contribution in [1.29, 1.82) is 0 Å². The molecule has 20 heavy (non-hydrogen) atoms. The number of nitrogens with one attached hydrogen (secondary N) is 1. The summed E-state index contributed by atoms with van der Waals surface area (Å²) < 4.78 is 1.24. The van der Waals surface area contributed by atoms with Crippen LogP contribution in [0.5, 0.6) is 0 Å². The van der Waals surface area contributed by atoms with Crippen LogP contribution in [0.1, 0.15) is 51.3 Å². The highest BCUT2D eigenvalue weighted by atomic mass is 79.9. The monoisotopic (exact) mass is 358 g/mol. The van der Waals surface area contributed by atoms with Gasteiger partial charge in [0, 0.05) is 36.1 Å². The number of nitrogens with zero attached hydrogens (tertiary/aromatic N) is 1. The predicted octanol–water partition coefficient (Wildman–Crippen LogP) is 4.64. The van der Waals surface area contributed by atoms with Crippen LogP contribution in [0.2, 0.25) is 0 Å². The van der Waals surface area contributed by atoms with Gasteiger partial charge < -0.3 is 5.32 Å². The van der Waals surface area contributed by atoms with Gasteiger partial charge in [0.15, 0.2) is 0 Å². The third-order valence-corrected chi connectivity index (χ3v) is 6.37. The van der Waals surface area contributed by atoms with Crippen molar-refractivity contribution >= 4 is 27.3 Å². The first-order valence-corrected chi connectivity index (χ1v) is 9.47. The molecule has 1 fully saturated rings. The lowest BCUT2D eigenvalue weighted by atomic mass is 9.86. The summed E-state index contributed by atoms with van der Waals surface area (Å²) in [5, 5.41) is 3.79. The molecule has 1 N–H and O–H groups in total. The molecule has 0 radical (unpaired) electrons. The summed E-state index contributed by atoms with van der Waals surface area (Å²) in [6, 6.07) is 5.10. The summed E-state index contributed by atoms with van der Waals surface area (Å²) in [5.74, 6) is 0. The summed E-state index contributed by atoms with van der Waals surface area (Å²) in [4.78, 5) is 4.21. The van der Waals surface area contributed by atoms with Gasteiger partial charge in [-0.05, 0) is 47.3 Å². The molecule has 0 saturated carbocycles. The SMILES string of the molecule is CCCC1CN(Cc2ccc(Br)s2)C(CC)(CC)CN1. The van der Waals surface area contributed by atoms with Crippen LogP contribution in [-0.2, 0) is 6.54 Å². The van der Waals surface area contributed by atoms with Crippen LogP contribution in [-0.4, -0.2) is 29.6 Å². The van der Waals surface area contributed by atoms with Gasteiger partial charge in [-0.15, -0.1) is 11.3 Å². The van der Waals surface area contributed by atoms with E-state index in [-0.39, 0.29) is 0 Å². The fourth-order valence-electron chi connectivity index (χ4n) is 3.32. The highest BCUT2D eigenvalue weighted by Crippen LogP contribution is 2.32. The molecule has 0 spiro atoms. The zero-order chi connectivity index (χ0) is 14.6. The van der Waals surface area contributed by atoms with Gasteiger partial charge >= 0.3 is 0 Å². The van der Waals surface area contributed by atoms with Crippen LogP contribution in [0.3, 0.4) is 0 Å². The van der Waals surface area contributed by atoms with Crippen LogP contribution in [0.25, 0.3) is 0 Å². The van der Waals surface area contributed by atoms with E-state index in [0.29, 0.717) is 11.6 Å². The van der Waals surface area contributed by atoms with E-state index in [4.69, 9.17) is 0 Å². The Labute approximate surface area is 136 Å². The second kappa shape index (κ2) is 7.39. The number of halogens is 1. The molecule has 1 aromatic heterocycles. The molecule has 1 atom stereocenters. The quantitative estimate of drug-likeness (QED) is 0.796. The average Bonchev–Trinajstić information content (AvgIpc) is 2.86. The van der Waals surface area contributed by atoms with E-state index in [0.717, 1.165) is 13.1 Å². The highest BCUT2D eigenvalue weighted by molar-refractivity contribution is 9.11. The Morgan fingerprint density at radius 1 is 1.35 bits per heavy atom. The molecule has 1 unspecified atom stereocenters. The van der Waals surface area contributed by atoms with E-state index >= 15 is 0 Å². The van der Waals surface area contributed by atoms with Crippen molar-refractivity contribution in [2.75, 3.05) is 13.1 Å². The Balaban J connectivity index is 2.12. The van der Waals surface area contributed by atoms with Crippen molar-refractivity contribution in [2.24, 2.45) is 0 Å². The molecule has 2 nitrogen and oxygen atoms in total. The van der Waals surface area contributed by atoms with Crippen LogP contribution in [0.15, 0.2) is 15.9 Å². The fraction of sp³-hybridized carbons (Fsp3) is 0.750. The minimum Gasteiger partial charge on any atom is -0.311 e. The van der Waals surface area contributed by atoms with E-state index in [1.165, 1.54) is 40.9 Å². The Kier molecular flexibility index (Phi) is 6.09. The van der Waals surface area contributed by atoms with E-state index in [2.05, 4.69) is 59.1 Å². The fourth-order valence-corrected chi connectivity index (χ4v) is 4.82. The number of thiophene rings is 1. The summed E-state index contributed by atoms with van der Waals surface area (Å²) in [7, 11) is 0. The van der Waals surface area contributed by atoms with Gasteiger partial charge in [-0.25, -0.2) is 0 Å². The molecule has 114 valence electrons. The molecule has 0 bridgehead atoms. The number of piperazine rings is 1. The van der Waals surface area contributed by atoms with Crippen molar-refractivity contribution in [2.45, 2.75) is 64.6 Å². The molecule has 1 aliphatic heterocycles. The maximum absolute atomic E-state index is 3.79. The smallest absolute Gasteiger partial charge is 0.0701 e. The van der Waals surface area contributed by atoms with Crippen molar-refractivity contribution in [3.8, 4) is 0 Å². The first kappa shape index (κ1) is 16.5.